The van der Waals surface area contributed by atoms with Crippen molar-refractivity contribution in [1.82, 2.24) is 4.90 Å². The van der Waals surface area contributed by atoms with Crippen molar-refractivity contribution in [3.8, 4) is 0 Å². The second-order valence-electron chi connectivity index (χ2n) is 3.82. The molecule has 0 heterocycles. The average Bonchev–Trinajstić information content (AvgIpc) is 2.18. The Morgan fingerprint density at radius 3 is 2.53 bits per heavy atom. The summed E-state index contributed by atoms with van der Waals surface area (Å²) in [6.45, 7) is 5.39. The van der Waals surface area contributed by atoms with Crippen LogP contribution in [0.1, 0.15) is 33.1 Å². The monoisotopic (exact) mass is 279 g/mol. The van der Waals surface area contributed by atoms with Gasteiger partial charge in [0.1, 0.15) is 0 Å². The molecular weight excluding hydrogens is 258 g/mol. The van der Waals surface area contributed by atoms with Gasteiger partial charge < -0.3 is 9.64 Å². The Balaban J connectivity index is 3.93. The minimum Gasteiger partial charge on any atom is -0.383 e. The van der Waals surface area contributed by atoms with Crippen molar-refractivity contribution in [1.29, 1.82) is 0 Å². The number of alkyl halides is 1. The minimum absolute atomic E-state index is 0.239. The molecule has 0 unspecified atom stereocenters. The number of methoxy groups -OCH3 is 1. The van der Waals surface area contributed by atoms with Gasteiger partial charge in [-0.1, -0.05) is 15.9 Å². The maximum absolute atomic E-state index is 11.8. The highest BCUT2D eigenvalue weighted by Gasteiger charge is 2.15. The van der Waals surface area contributed by atoms with E-state index in [2.05, 4.69) is 15.9 Å². The van der Waals surface area contributed by atoms with Gasteiger partial charge in [-0.15, -0.1) is 0 Å². The summed E-state index contributed by atoms with van der Waals surface area (Å²) in [6, 6.07) is 0.261. The summed E-state index contributed by atoms with van der Waals surface area (Å²) in [6.07, 6.45) is 2.66. The van der Waals surface area contributed by atoms with Crippen molar-refractivity contribution in [2.24, 2.45) is 0 Å². The van der Waals surface area contributed by atoms with E-state index in [1.54, 1.807) is 7.11 Å². The molecule has 0 aliphatic carbocycles. The van der Waals surface area contributed by atoms with Crippen LogP contribution in [-0.4, -0.2) is 42.4 Å². The third-order valence-corrected chi connectivity index (χ3v) is 2.82. The average molecular weight is 280 g/mol. The van der Waals surface area contributed by atoms with Crippen LogP contribution < -0.4 is 0 Å². The maximum atomic E-state index is 11.8. The number of rotatable bonds is 8. The molecule has 0 fully saturated rings. The standard InChI is InChI=1S/C11H22BrNO2/c1-10(2)13(8-9-15-3)11(14)6-4-5-7-12/h10H,4-9H2,1-3H3. The van der Waals surface area contributed by atoms with E-state index in [9.17, 15) is 4.79 Å². The normalized spacial score (nSPS) is 10.7. The molecule has 0 saturated heterocycles. The number of unbranched alkanes of at least 4 members (excludes halogenated alkanes) is 1. The van der Waals surface area contributed by atoms with E-state index in [1.165, 1.54) is 0 Å². The van der Waals surface area contributed by atoms with Crippen LogP contribution in [0.15, 0.2) is 0 Å². The molecule has 4 heteroatoms. The van der Waals surface area contributed by atoms with Gasteiger partial charge in [-0.3, -0.25) is 4.79 Å². The van der Waals surface area contributed by atoms with Gasteiger partial charge in [0, 0.05) is 31.4 Å². The van der Waals surface area contributed by atoms with Gasteiger partial charge in [-0.25, -0.2) is 0 Å². The molecule has 15 heavy (non-hydrogen) atoms. The van der Waals surface area contributed by atoms with Gasteiger partial charge in [0.05, 0.1) is 6.61 Å². The summed E-state index contributed by atoms with van der Waals surface area (Å²) in [5.74, 6) is 0.239. The van der Waals surface area contributed by atoms with Crippen molar-refractivity contribution in [2.45, 2.75) is 39.2 Å². The number of carbonyl (C=O) groups is 1. The SMILES string of the molecule is COCCN(C(=O)CCCCBr)C(C)C. The molecule has 0 rings (SSSR count). The molecule has 0 bridgehead atoms. The minimum atomic E-state index is 0.239. The van der Waals surface area contributed by atoms with Gasteiger partial charge >= 0.3 is 0 Å². The first-order valence-corrected chi connectivity index (χ1v) is 6.60. The Morgan fingerprint density at radius 2 is 2.07 bits per heavy atom. The smallest absolute Gasteiger partial charge is 0.222 e. The lowest BCUT2D eigenvalue weighted by atomic mass is 10.2. The Kier molecular flexibility index (Phi) is 9.10. The molecule has 0 saturated carbocycles. The second kappa shape index (κ2) is 9.16. The summed E-state index contributed by atoms with van der Waals surface area (Å²) < 4.78 is 5.00. The van der Waals surface area contributed by atoms with Crippen LogP contribution in [0.4, 0.5) is 0 Å². The zero-order valence-corrected chi connectivity index (χ0v) is 11.5. The Hall–Kier alpha value is -0.0900. The lowest BCUT2D eigenvalue weighted by Crippen LogP contribution is -2.39. The molecular formula is C11H22BrNO2. The maximum Gasteiger partial charge on any atom is 0.222 e. The molecule has 0 aromatic rings. The van der Waals surface area contributed by atoms with Crippen LogP contribution in [0.25, 0.3) is 0 Å². The summed E-state index contributed by atoms with van der Waals surface area (Å²) >= 11 is 3.36. The van der Waals surface area contributed by atoms with E-state index in [-0.39, 0.29) is 11.9 Å². The highest BCUT2D eigenvalue weighted by Crippen LogP contribution is 2.06. The fourth-order valence-corrected chi connectivity index (χ4v) is 1.77. The van der Waals surface area contributed by atoms with Gasteiger partial charge in [-0.2, -0.15) is 0 Å². The molecule has 0 aromatic carbocycles. The van der Waals surface area contributed by atoms with Crippen molar-refractivity contribution >= 4 is 21.8 Å². The lowest BCUT2D eigenvalue weighted by Gasteiger charge is -2.26. The number of hydrogen-bond acceptors (Lipinski definition) is 2. The summed E-state index contributed by atoms with van der Waals surface area (Å²) in [5.41, 5.74) is 0. The third-order valence-electron chi connectivity index (χ3n) is 2.25. The Morgan fingerprint density at radius 1 is 1.40 bits per heavy atom. The summed E-state index contributed by atoms with van der Waals surface area (Å²) in [7, 11) is 1.66. The number of carbonyl (C=O) groups excluding carboxylic acids is 1. The first-order valence-electron chi connectivity index (χ1n) is 5.47. The number of hydrogen-bond donors (Lipinski definition) is 0. The van der Waals surface area contributed by atoms with E-state index < -0.39 is 0 Å². The van der Waals surface area contributed by atoms with Crippen LogP contribution in [0, 0.1) is 0 Å². The van der Waals surface area contributed by atoms with E-state index in [1.807, 2.05) is 18.7 Å². The van der Waals surface area contributed by atoms with Crippen LogP contribution in [0.3, 0.4) is 0 Å². The van der Waals surface area contributed by atoms with Crippen LogP contribution in [0.5, 0.6) is 0 Å². The van der Waals surface area contributed by atoms with Gasteiger partial charge in [-0.05, 0) is 26.7 Å². The number of amides is 1. The Bertz CT molecular complexity index is 174. The second-order valence-corrected chi connectivity index (χ2v) is 4.61. The predicted molar refractivity (Wildman–Crippen MR) is 66.4 cm³/mol. The van der Waals surface area contributed by atoms with Crippen molar-refractivity contribution in [2.75, 3.05) is 25.6 Å². The van der Waals surface area contributed by atoms with Gasteiger partial charge in [0.15, 0.2) is 0 Å². The van der Waals surface area contributed by atoms with E-state index in [0.717, 1.165) is 18.2 Å². The lowest BCUT2D eigenvalue weighted by molar-refractivity contribution is -0.133. The molecule has 0 radical (unpaired) electrons. The molecule has 0 spiro atoms. The summed E-state index contributed by atoms with van der Waals surface area (Å²) in [5, 5.41) is 0.972. The highest BCUT2D eigenvalue weighted by molar-refractivity contribution is 9.09. The molecule has 0 N–H and O–H groups in total. The van der Waals surface area contributed by atoms with Gasteiger partial charge in [0.2, 0.25) is 5.91 Å². The van der Waals surface area contributed by atoms with Crippen molar-refractivity contribution in [3.63, 3.8) is 0 Å². The number of ether oxygens (including phenoxy) is 1. The molecule has 0 atom stereocenters. The predicted octanol–water partition coefficient (Wildman–Crippen LogP) is 2.44. The number of halogens is 1. The largest absolute Gasteiger partial charge is 0.383 e. The van der Waals surface area contributed by atoms with E-state index in [0.29, 0.717) is 19.6 Å². The highest BCUT2D eigenvalue weighted by atomic mass is 79.9. The zero-order valence-electron chi connectivity index (χ0n) is 9.96. The molecule has 1 amide bonds. The number of nitrogens with zero attached hydrogens (tertiary/aromatic N) is 1. The quantitative estimate of drug-likeness (QED) is 0.505. The topological polar surface area (TPSA) is 29.5 Å². The van der Waals surface area contributed by atoms with Crippen LogP contribution in [-0.2, 0) is 9.53 Å². The zero-order chi connectivity index (χ0) is 11.7. The van der Waals surface area contributed by atoms with E-state index in [4.69, 9.17) is 4.74 Å². The van der Waals surface area contributed by atoms with Crippen molar-refractivity contribution in [3.05, 3.63) is 0 Å². The fourth-order valence-electron chi connectivity index (χ4n) is 1.37. The summed E-state index contributed by atoms with van der Waals surface area (Å²) in [4.78, 5) is 13.7. The van der Waals surface area contributed by atoms with E-state index >= 15 is 0 Å². The first-order chi connectivity index (χ1) is 7.13. The van der Waals surface area contributed by atoms with Crippen molar-refractivity contribution < 1.29 is 9.53 Å². The molecule has 90 valence electrons. The third kappa shape index (κ3) is 6.90. The molecule has 0 aliphatic heterocycles. The molecule has 0 aromatic heterocycles. The van der Waals surface area contributed by atoms with Crippen LogP contribution in [0.2, 0.25) is 0 Å². The Labute approximate surface area is 101 Å². The van der Waals surface area contributed by atoms with Crippen LogP contribution >= 0.6 is 15.9 Å². The molecule has 0 aliphatic rings. The molecule has 3 nitrogen and oxygen atoms in total. The van der Waals surface area contributed by atoms with Gasteiger partial charge in [0.25, 0.3) is 0 Å². The first kappa shape index (κ1) is 14.9. The fraction of sp³-hybridized carbons (Fsp3) is 0.909.